The predicted octanol–water partition coefficient (Wildman–Crippen LogP) is 13.8. The molecule has 0 aliphatic rings. The van der Waals surface area contributed by atoms with E-state index in [0.29, 0.717) is 11.3 Å². The summed E-state index contributed by atoms with van der Waals surface area (Å²) in [6.07, 6.45) is 2.26. The second-order valence-corrected chi connectivity index (χ2v) is 26.7. The van der Waals surface area contributed by atoms with Crippen LogP contribution in [0.2, 0.25) is 17.3 Å². The summed E-state index contributed by atoms with van der Waals surface area (Å²) in [7, 11) is 0. The molecular weight excluding hydrogens is 949 g/mol. The molecule has 0 atom stereocenters. The molecule has 289 valence electrons. The molecule has 4 aromatic heterocycles. The third-order valence-corrected chi connectivity index (χ3v) is 14.7. The molecule has 1 radical (unpaired) electrons. The van der Waals surface area contributed by atoms with E-state index in [0.717, 1.165) is 71.8 Å². The first-order chi connectivity index (χ1) is 28.3. The van der Waals surface area contributed by atoms with Crippen molar-refractivity contribution in [2.24, 2.45) is 5.92 Å². The number of pyridine rings is 2. The Hall–Kier alpha value is -5.33. The number of para-hydroxylation sites is 1. The van der Waals surface area contributed by atoms with Crippen LogP contribution in [0.1, 0.15) is 27.7 Å². The van der Waals surface area contributed by atoms with Gasteiger partial charge in [-0.05, 0) is 58.1 Å². The summed E-state index contributed by atoms with van der Waals surface area (Å²) in [5, 5.41) is 6.75. The molecule has 0 aliphatic heterocycles. The van der Waals surface area contributed by atoms with Crippen LogP contribution in [-0.2, 0) is 26.5 Å². The Morgan fingerprint density at radius 3 is 2.24 bits per heavy atom. The van der Waals surface area contributed by atoms with E-state index in [4.69, 9.17) is 11.6 Å². The van der Waals surface area contributed by atoms with Crippen molar-refractivity contribution in [1.82, 2.24) is 9.97 Å². The topological polar surface area (TPSA) is 52.1 Å². The number of fused-ring (bicyclic) bond motifs is 7. The van der Waals surface area contributed by atoms with Gasteiger partial charge in [0.25, 0.3) is 0 Å². The molecule has 4 nitrogen and oxygen atoms in total. The normalized spacial score (nSPS) is 12.5. The second-order valence-electron chi connectivity index (χ2n) is 16.0. The number of furan rings is 2. The summed E-state index contributed by atoms with van der Waals surface area (Å²) in [5.41, 5.74) is 10.6. The van der Waals surface area contributed by atoms with Gasteiger partial charge in [-0.1, -0.05) is 91.9 Å². The van der Waals surface area contributed by atoms with Crippen molar-refractivity contribution in [2.45, 2.75) is 44.4 Å². The van der Waals surface area contributed by atoms with Crippen molar-refractivity contribution in [3.05, 3.63) is 163 Å². The van der Waals surface area contributed by atoms with E-state index in [1.54, 1.807) is 12.3 Å². The molecule has 0 spiro atoms. The van der Waals surface area contributed by atoms with Gasteiger partial charge in [-0.15, -0.1) is 17.7 Å². The fourth-order valence-corrected chi connectivity index (χ4v) is 9.75. The molecule has 0 unspecified atom stereocenters. The third-order valence-electron chi connectivity index (χ3n) is 10.4. The van der Waals surface area contributed by atoms with Crippen LogP contribution in [-0.4, -0.2) is 23.2 Å². The van der Waals surface area contributed by atoms with Crippen LogP contribution in [0.25, 0.3) is 88.3 Å². The maximum Gasteiger partial charge on any atom is 0 e. The number of benzene rings is 6. The van der Waals surface area contributed by atoms with Gasteiger partial charge in [-0.2, -0.15) is 0 Å². The summed E-state index contributed by atoms with van der Waals surface area (Å²) in [6, 6.07) is 50.1. The molecule has 10 aromatic rings. The Bertz CT molecular complexity index is 3180. The van der Waals surface area contributed by atoms with Crippen LogP contribution in [0.15, 0.2) is 149 Å². The molecule has 0 bridgehead atoms. The van der Waals surface area contributed by atoms with Crippen molar-refractivity contribution in [2.75, 3.05) is 0 Å². The van der Waals surface area contributed by atoms with Crippen molar-refractivity contribution in [1.29, 1.82) is 0 Å². The van der Waals surface area contributed by atoms with E-state index in [1.165, 1.54) is 20.7 Å². The Morgan fingerprint density at radius 1 is 0.690 bits per heavy atom. The smallest absolute Gasteiger partial charge is 0 e. The molecule has 10 rings (SSSR count). The molecule has 58 heavy (non-hydrogen) atoms. The summed E-state index contributed by atoms with van der Waals surface area (Å²) in [4.78, 5) is 9.26. The maximum atomic E-state index is 8.54. The van der Waals surface area contributed by atoms with Gasteiger partial charge in [0.05, 0.1) is 5.58 Å². The molecule has 4 heterocycles. The van der Waals surface area contributed by atoms with Crippen LogP contribution in [0, 0.1) is 25.0 Å². The van der Waals surface area contributed by atoms with Gasteiger partial charge in [0, 0.05) is 34.4 Å². The van der Waals surface area contributed by atoms with E-state index in [-0.39, 0.29) is 26.0 Å². The molecule has 6 heteroatoms. The van der Waals surface area contributed by atoms with Crippen molar-refractivity contribution in [3.63, 3.8) is 0 Å². The van der Waals surface area contributed by atoms with E-state index >= 15 is 0 Å². The molecule has 0 N–H and O–H groups in total. The first-order valence-electron chi connectivity index (χ1n) is 20.5. The van der Waals surface area contributed by atoms with Gasteiger partial charge < -0.3 is 9.40 Å². The Kier molecular flexibility index (Phi) is 10.3. The Balaban J connectivity index is 0.000000179. The zero-order valence-electron chi connectivity index (χ0n) is 35.4. The first-order valence-corrected chi connectivity index (χ1v) is 26.8. The number of hydrogen-bond acceptors (Lipinski definition) is 4. The summed E-state index contributed by atoms with van der Waals surface area (Å²) >= 11 is -1.81. The van der Waals surface area contributed by atoms with Gasteiger partial charge >= 0.3 is 138 Å². The molecular formula is C52H44GeIrN2O2-2. The monoisotopic (exact) mass is 997 g/mol. The number of aryl methyl sites for hydroxylation is 1. The molecule has 6 aromatic carbocycles. The predicted molar refractivity (Wildman–Crippen MR) is 241 cm³/mol. The molecule has 0 saturated carbocycles. The van der Waals surface area contributed by atoms with E-state index in [2.05, 4.69) is 124 Å². The molecule has 0 saturated heterocycles. The summed E-state index contributed by atoms with van der Waals surface area (Å²) in [6.45, 7) is 5.81. The van der Waals surface area contributed by atoms with Crippen LogP contribution in [0.5, 0.6) is 0 Å². The van der Waals surface area contributed by atoms with E-state index in [1.807, 2.05) is 63.4 Å². The fourth-order valence-electron chi connectivity index (χ4n) is 7.58. The number of hydrogen-bond donors (Lipinski definition) is 0. The van der Waals surface area contributed by atoms with Gasteiger partial charge in [0.2, 0.25) is 0 Å². The minimum absolute atomic E-state index is 0. The van der Waals surface area contributed by atoms with Gasteiger partial charge in [0.1, 0.15) is 5.58 Å². The van der Waals surface area contributed by atoms with E-state index in [9.17, 15) is 0 Å². The quantitative estimate of drug-likeness (QED) is 0.123. The van der Waals surface area contributed by atoms with Crippen LogP contribution in [0.4, 0.5) is 0 Å². The average molecular weight is 996 g/mol. The molecule has 0 amide bonds. The maximum absolute atomic E-state index is 8.54. The van der Waals surface area contributed by atoms with Crippen LogP contribution in [0.3, 0.4) is 0 Å². The van der Waals surface area contributed by atoms with Gasteiger partial charge in [-0.3, -0.25) is 0 Å². The SMILES string of the molecule is [2H]C([2H])(c1ccnc(-c2[c-]c(C)cc3c2oc2ccc(-c4cccc5ccccc45)cc23)c1)C(C)C.[CH3][Ge]([CH3])([CH3])[c]1ccc(-c2[c-]cc3oc4ccccc4c3c2)nc1.[Ir]. The number of nitrogens with zero attached hydrogens (tertiary/aromatic N) is 2. The van der Waals surface area contributed by atoms with Crippen LogP contribution < -0.4 is 4.40 Å². The zero-order valence-corrected chi connectivity index (χ0v) is 37.9. The Morgan fingerprint density at radius 2 is 1.45 bits per heavy atom. The zero-order chi connectivity index (χ0) is 41.1. The number of aromatic nitrogens is 2. The van der Waals surface area contributed by atoms with Gasteiger partial charge in [0.15, 0.2) is 0 Å². The first kappa shape index (κ1) is 37.0. The number of rotatable bonds is 6. The molecule has 0 fully saturated rings. The van der Waals surface area contributed by atoms with Crippen molar-refractivity contribution in [3.8, 4) is 33.6 Å². The fraction of sp³-hybridized carbons (Fsp3) is 0.154. The minimum atomic E-state index is -1.81. The second kappa shape index (κ2) is 16.1. The summed E-state index contributed by atoms with van der Waals surface area (Å²) < 4.78 is 30.7. The summed E-state index contributed by atoms with van der Waals surface area (Å²) in [5.74, 6) is 6.98. The minimum Gasteiger partial charge on any atom is 0 e. The third kappa shape index (κ3) is 7.79. The standard InChI is InChI=1S/C32H26NO.C20H18GeNO.Ir/c1-20(2)15-22-13-14-33-30(18-22)29-17-21(3)16-28-27-19-24(11-12-31(27)34-32(28)29)26-10-6-8-23-7-4-5-9-25(23)26;1-21(2,3)15-9-10-18(22-13-15)14-8-11-20-17(12-14)16-6-4-5-7-19(16)23-20;/h4-14,16,18-20H,15H2,1-3H3;4-7,9-13H,1-3H3;/q2*-1;/i15D2;;. The largest absolute Gasteiger partial charge is 0 e. The molecule has 0 aliphatic carbocycles. The van der Waals surface area contributed by atoms with Crippen molar-refractivity contribution >= 4 is 72.3 Å². The van der Waals surface area contributed by atoms with E-state index < -0.39 is 19.6 Å². The van der Waals surface area contributed by atoms with Crippen molar-refractivity contribution < 1.29 is 31.7 Å². The van der Waals surface area contributed by atoms with Crippen LogP contribution >= 0.6 is 0 Å². The Labute approximate surface area is 358 Å². The average Bonchev–Trinajstić information content (AvgIpc) is 3.80. The van der Waals surface area contributed by atoms with Gasteiger partial charge in [-0.25, -0.2) is 0 Å².